The Hall–Kier alpha value is -2.32. The molecule has 8 heteroatoms. The van der Waals surface area contributed by atoms with Crippen LogP contribution in [-0.2, 0) is 4.79 Å². The van der Waals surface area contributed by atoms with E-state index in [9.17, 15) is 9.59 Å². The molecule has 2 heterocycles. The van der Waals surface area contributed by atoms with E-state index < -0.39 is 0 Å². The molecule has 1 fully saturated rings. The van der Waals surface area contributed by atoms with E-state index in [1.165, 1.54) is 6.20 Å². The van der Waals surface area contributed by atoms with Crippen molar-refractivity contribution in [1.29, 1.82) is 0 Å². The molecular weight excluding hydrogens is 340 g/mol. The van der Waals surface area contributed by atoms with Gasteiger partial charge in [-0.05, 0) is 31.2 Å². The van der Waals surface area contributed by atoms with E-state index in [1.807, 2.05) is 11.8 Å². The minimum absolute atomic E-state index is 0.0168. The Morgan fingerprint density at radius 2 is 2.00 bits per heavy atom. The fraction of sp³-hybridized carbons (Fsp3) is 0.353. The van der Waals surface area contributed by atoms with Crippen molar-refractivity contribution in [2.75, 3.05) is 28.7 Å². The lowest BCUT2D eigenvalue weighted by Gasteiger charge is -2.22. The first kappa shape index (κ1) is 17.5. The van der Waals surface area contributed by atoms with Gasteiger partial charge in [0.1, 0.15) is 11.3 Å². The molecule has 7 nitrogen and oxygen atoms in total. The summed E-state index contributed by atoms with van der Waals surface area (Å²) in [7, 11) is 0. The summed E-state index contributed by atoms with van der Waals surface area (Å²) >= 11 is 1.86. The number of hydrogen-bond acceptors (Lipinski definition) is 6. The van der Waals surface area contributed by atoms with Crippen LogP contribution in [-0.4, -0.2) is 41.1 Å². The molecule has 1 atom stereocenters. The second kappa shape index (κ2) is 8.17. The monoisotopic (exact) mass is 360 g/mol. The first-order valence-electron chi connectivity index (χ1n) is 8.05. The zero-order valence-corrected chi connectivity index (χ0v) is 14.7. The molecule has 132 valence electrons. The summed E-state index contributed by atoms with van der Waals surface area (Å²) in [5.41, 5.74) is 1.73. The van der Waals surface area contributed by atoms with E-state index in [0.29, 0.717) is 29.1 Å². The van der Waals surface area contributed by atoms with E-state index in [-0.39, 0.29) is 17.9 Å². The maximum atomic E-state index is 12.1. The lowest BCUT2D eigenvalue weighted by Crippen LogP contribution is -2.39. The molecule has 2 amide bonds. The molecule has 1 saturated heterocycles. The average Bonchev–Trinajstić information content (AvgIpc) is 3.03. The fourth-order valence-corrected chi connectivity index (χ4v) is 3.49. The molecular formula is C17H20N4O3S. The molecule has 0 bridgehead atoms. The summed E-state index contributed by atoms with van der Waals surface area (Å²) in [6.45, 7) is 2.63. The molecule has 2 aromatic rings. The molecule has 0 aliphatic carbocycles. The van der Waals surface area contributed by atoms with Gasteiger partial charge in [0.2, 0.25) is 5.91 Å². The molecule has 0 spiro atoms. The Bertz CT molecular complexity index is 739. The maximum Gasteiger partial charge on any atom is 0.260 e. The molecule has 1 aliphatic heterocycles. The third-order valence-corrected chi connectivity index (χ3v) is 4.98. The molecule has 0 saturated carbocycles. The zero-order chi connectivity index (χ0) is 17.6. The van der Waals surface area contributed by atoms with Crippen molar-refractivity contribution < 1.29 is 14.1 Å². The Balaban J connectivity index is 1.52. The van der Waals surface area contributed by atoms with Crippen molar-refractivity contribution in [3.8, 4) is 0 Å². The number of nitrogens with zero attached hydrogens (tertiary/aromatic N) is 1. The summed E-state index contributed by atoms with van der Waals surface area (Å²) < 4.78 is 4.88. The van der Waals surface area contributed by atoms with Crippen LogP contribution < -0.4 is 16.0 Å². The Morgan fingerprint density at radius 3 is 2.60 bits per heavy atom. The smallest absolute Gasteiger partial charge is 0.260 e. The number of carbonyl (C=O) groups is 2. The number of amides is 2. The molecule has 3 rings (SSSR count). The summed E-state index contributed by atoms with van der Waals surface area (Å²) in [5.74, 6) is 2.23. The minimum atomic E-state index is -0.281. The first-order valence-corrected chi connectivity index (χ1v) is 9.21. The number of carbonyl (C=O) groups excluding carboxylic acids is 2. The van der Waals surface area contributed by atoms with E-state index >= 15 is 0 Å². The van der Waals surface area contributed by atoms with Gasteiger partial charge in [-0.2, -0.15) is 11.8 Å². The van der Waals surface area contributed by atoms with Gasteiger partial charge in [0.05, 0.1) is 6.20 Å². The molecule has 1 aliphatic rings. The fourth-order valence-electron chi connectivity index (χ4n) is 2.54. The first-order chi connectivity index (χ1) is 12.1. The van der Waals surface area contributed by atoms with E-state index in [1.54, 1.807) is 31.2 Å². The minimum Gasteiger partial charge on any atom is -0.361 e. The maximum absolute atomic E-state index is 12.1. The van der Waals surface area contributed by atoms with Crippen LogP contribution in [0.15, 0.2) is 35.0 Å². The number of thioether (sulfide) groups is 1. The Labute approximate surface area is 149 Å². The quantitative estimate of drug-likeness (QED) is 0.757. The standard InChI is InChI=1S/C17H20N4O3S/c1-11-15(9-19-24-11)17(23)21-13-4-2-12(3-5-13)20-16(22)8-14-10-25-7-6-18-14/h2-5,9,14,18H,6-8,10H2,1H3,(H,20,22)(H,21,23). The van der Waals surface area contributed by atoms with Crippen LogP contribution >= 0.6 is 11.8 Å². The predicted molar refractivity (Wildman–Crippen MR) is 98.0 cm³/mol. The van der Waals surface area contributed by atoms with Gasteiger partial charge in [-0.3, -0.25) is 9.59 Å². The average molecular weight is 360 g/mol. The Kier molecular flexibility index (Phi) is 5.72. The van der Waals surface area contributed by atoms with Gasteiger partial charge in [-0.1, -0.05) is 5.16 Å². The van der Waals surface area contributed by atoms with Crippen molar-refractivity contribution in [3.05, 3.63) is 41.8 Å². The SMILES string of the molecule is Cc1oncc1C(=O)Nc1ccc(NC(=O)CC2CSCCN2)cc1. The number of aryl methyl sites for hydroxylation is 1. The lowest BCUT2D eigenvalue weighted by molar-refractivity contribution is -0.116. The van der Waals surface area contributed by atoms with Crippen LogP contribution in [0.25, 0.3) is 0 Å². The van der Waals surface area contributed by atoms with Gasteiger partial charge in [-0.25, -0.2) is 0 Å². The summed E-state index contributed by atoms with van der Waals surface area (Å²) in [5, 5.41) is 12.6. The number of benzene rings is 1. The van der Waals surface area contributed by atoms with Crippen molar-refractivity contribution in [1.82, 2.24) is 10.5 Å². The van der Waals surface area contributed by atoms with Gasteiger partial charge < -0.3 is 20.5 Å². The molecule has 3 N–H and O–H groups in total. The molecule has 0 radical (unpaired) electrons. The summed E-state index contributed by atoms with van der Waals surface area (Å²) in [6.07, 6.45) is 1.84. The number of anilines is 2. The molecule has 1 unspecified atom stereocenters. The highest BCUT2D eigenvalue weighted by Gasteiger charge is 2.17. The third kappa shape index (κ3) is 4.83. The molecule has 1 aromatic carbocycles. The number of rotatable bonds is 5. The second-order valence-corrected chi connectivity index (χ2v) is 6.96. The van der Waals surface area contributed by atoms with Crippen molar-refractivity contribution in [3.63, 3.8) is 0 Å². The zero-order valence-electron chi connectivity index (χ0n) is 13.9. The van der Waals surface area contributed by atoms with Gasteiger partial charge in [0.15, 0.2) is 0 Å². The number of aromatic nitrogens is 1. The number of nitrogens with one attached hydrogen (secondary N) is 3. The van der Waals surface area contributed by atoms with Crippen molar-refractivity contribution in [2.24, 2.45) is 0 Å². The van der Waals surface area contributed by atoms with Crippen LogP contribution in [0.5, 0.6) is 0 Å². The second-order valence-electron chi connectivity index (χ2n) is 5.81. The van der Waals surface area contributed by atoms with Crippen LogP contribution in [0.3, 0.4) is 0 Å². The van der Waals surface area contributed by atoms with Gasteiger partial charge in [0.25, 0.3) is 5.91 Å². The van der Waals surface area contributed by atoms with Crippen molar-refractivity contribution >= 4 is 35.0 Å². The van der Waals surface area contributed by atoms with Crippen LogP contribution in [0.1, 0.15) is 22.5 Å². The highest BCUT2D eigenvalue weighted by Crippen LogP contribution is 2.17. The van der Waals surface area contributed by atoms with E-state index in [4.69, 9.17) is 4.52 Å². The summed E-state index contributed by atoms with van der Waals surface area (Å²) in [6, 6.07) is 7.23. The molecule has 1 aromatic heterocycles. The van der Waals surface area contributed by atoms with Gasteiger partial charge >= 0.3 is 0 Å². The molecule has 25 heavy (non-hydrogen) atoms. The lowest BCUT2D eigenvalue weighted by atomic mass is 10.2. The van der Waals surface area contributed by atoms with Gasteiger partial charge in [-0.15, -0.1) is 0 Å². The summed E-state index contributed by atoms with van der Waals surface area (Å²) in [4.78, 5) is 24.2. The van der Waals surface area contributed by atoms with E-state index in [0.717, 1.165) is 18.1 Å². The normalized spacial score (nSPS) is 17.1. The van der Waals surface area contributed by atoms with Crippen LogP contribution in [0.2, 0.25) is 0 Å². The van der Waals surface area contributed by atoms with Gasteiger partial charge in [0, 0.05) is 41.9 Å². The highest BCUT2D eigenvalue weighted by atomic mass is 32.2. The van der Waals surface area contributed by atoms with Crippen LogP contribution in [0.4, 0.5) is 11.4 Å². The van der Waals surface area contributed by atoms with E-state index in [2.05, 4.69) is 21.1 Å². The highest BCUT2D eigenvalue weighted by molar-refractivity contribution is 7.99. The Morgan fingerprint density at radius 1 is 1.28 bits per heavy atom. The predicted octanol–water partition coefficient (Wildman–Crippen LogP) is 2.27. The van der Waals surface area contributed by atoms with Crippen molar-refractivity contribution in [2.45, 2.75) is 19.4 Å². The van der Waals surface area contributed by atoms with Crippen LogP contribution in [0, 0.1) is 6.92 Å². The number of hydrogen-bond donors (Lipinski definition) is 3. The third-order valence-electron chi connectivity index (χ3n) is 3.85. The topological polar surface area (TPSA) is 96.3 Å². The largest absolute Gasteiger partial charge is 0.361 e.